The van der Waals surface area contributed by atoms with Gasteiger partial charge in [0.05, 0.1) is 17.5 Å². The number of H-pyrrole nitrogens is 1. The van der Waals surface area contributed by atoms with E-state index in [2.05, 4.69) is 20.6 Å². The Labute approximate surface area is 162 Å². The number of imidazole rings is 1. The summed E-state index contributed by atoms with van der Waals surface area (Å²) < 4.78 is 13.8. The predicted octanol–water partition coefficient (Wildman–Crippen LogP) is 3.41. The number of fused-ring (bicyclic) bond motifs is 1. The zero-order chi connectivity index (χ0) is 20.1. The minimum Gasteiger partial charge on any atom is -0.344 e. The third-order valence-electron chi connectivity index (χ3n) is 4.75. The smallest absolute Gasteiger partial charge is 0.249 e. The van der Waals surface area contributed by atoms with Gasteiger partial charge in [0.25, 0.3) is 0 Å². The van der Waals surface area contributed by atoms with Gasteiger partial charge in [0.2, 0.25) is 17.8 Å². The number of carbonyl (C=O) groups excluding carboxylic acids is 2. The molecular formula is C21H23FN4O2. The monoisotopic (exact) mass is 382 g/mol. The van der Waals surface area contributed by atoms with Gasteiger partial charge in [0.1, 0.15) is 11.9 Å². The van der Waals surface area contributed by atoms with Crippen molar-refractivity contribution in [3.05, 3.63) is 59.9 Å². The van der Waals surface area contributed by atoms with Gasteiger partial charge in [0.15, 0.2) is 0 Å². The van der Waals surface area contributed by atoms with E-state index in [9.17, 15) is 14.0 Å². The second-order valence-electron chi connectivity index (χ2n) is 6.79. The summed E-state index contributed by atoms with van der Waals surface area (Å²) >= 11 is 0. The van der Waals surface area contributed by atoms with Gasteiger partial charge in [-0.15, -0.1) is 0 Å². The SMILES string of the molecule is CCC(C)C(NC(=O)Cc1ccccc1F)C(=O)Nc1nc2ccccc2[nH]1. The van der Waals surface area contributed by atoms with Crippen LogP contribution in [-0.4, -0.2) is 27.8 Å². The molecule has 0 saturated carbocycles. The number of carbonyl (C=O) groups is 2. The Morgan fingerprint density at radius 2 is 1.86 bits per heavy atom. The van der Waals surface area contributed by atoms with Crippen LogP contribution in [0.5, 0.6) is 0 Å². The third kappa shape index (κ3) is 4.54. The molecule has 0 aliphatic heterocycles. The molecule has 1 aromatic heterocycles. The standard InChI is InChI=1S/C21H23FN4O2/c1-3-13(2)19(25-18(27)12-14-8-4-5-9-15(14)22)20(28)26-21-23-16-10-6-7-11-17(16)24-21/h4-11,13,19H,3,12H2,1-2H3,(H,25,27)(H2,23,24,26,28). The molecule has 28 heavy (non-hydrogen) atoms. The van der Waals surface area contributed by atoms with Crippen molar-refractivity contribution in [2.24, 2.45) is 5.92 Å². The fourth-order valence-corrected chi connectivity index (χ4v) is 2.95. The maximum absolute atomic E-state index is 13.8. The lowest BCUT2D eigenvalue weighted by molar-refractivity contribution is -0.127. The number of halogens is 1. The third-order valence-corrected chi connectivity index (χ3v) is 4.75. The number of hydrogen-bond acceptors (Lipinski definition) is 3. The van der Waals surface area contributed by atoms with Crippen LogP contribution in [0, 0.1) is 11.7 Å². The largest absolute Gasteiger partial charge is 0.344 e. The van der Waals surface area contributed by atoms with Gasteiger partial charge in [-0.3, -0.25) is 14.9 Å². The van der Waals surface area contributed by atoms with E-state index < -0.39 is 17.8 Å². The van der Waals surface area contributed by atoms with Crippen LogP contribution in [0.1, 0.15) is 25.8 Å². The lowest BCUT2D eigenvalue weighted by Gasteiger charge is -2.23. The van der Waals surface area contributed by atoms with E-state index in [0.717, 1.165) is 11.0 Å². The van der Waals surface area contributed by atoms with Crippen LogP contribution < -0.4 is 10.6 Å². The van der Waals surface area contributed by atoms with Crippen LogP contribution in [0.4, 0.5) is 10.3 Å². The second-order valence-corrected chi connectivity index (χ2v) is 6.79. The van der Waals surface area contributed by atoms with Gasteiger partial charge in [-0.2, -0.15) is 0 Å². The summed E-state index contributed by atoms with van der Waals surface area (Å²) in [5.74, 6) is -0.994. The topological polar surface area (TPSA) is 86.9 Å². The Balaban J connectivity index is 1.71. The molecule has 1 heterocycles. The zero-order valence-electron chi connectivity index (χ0n) is 15.8. The van der Waals surface area contributed by atoms with Crippen LogP contribution in [0.2, 0.25) is 0 Å². The highest BCUT2D eigenvalue weighted by Crippen LogP contribution is 2.16. The number of rotatable bonds is 7. The van der Waals surface area contributed by atoms with Crippen LogP contribution >= 0.6 is 0 Å². The average Bonchev–Trinajstić information content (AvgIpc) is 3.09. The van der Waals surface area contributed by atoms with Crippen LogP contribution in [0.25, 0.3) is 11.0 Å². The molecule has 0 spiro atoms. The number of benzene rings is 2. The first-order chi connectivity index (χ1) is 13.5. The van der Waals surface area contributed by atoms with Crippen molar-refractivity contribution in [3.8, 4) is 0 Å². The Bertz CT molecular complexity index is 952. The summed E-state index contributed by atoms with van der Waals surface area (Å²) in [4.78, 5) is 32.6. The van der Waals surface area contributed by atoms with Crippen molar-refractivity contribution < 1.29 is 14.0 Å². The van der Waals surface area contributed by atoms with E-state index in [0.29, 0.717) is 17.9 Å². The molecule has 7 heteroatoms. The lowest BCUT2D eigenvalue weighted by Crippen LogP contribution is -2.48. The van der Waals surface area contributed by atoms with Crippen LogP contribution in [-0.2, 0) is 16.0 Å². The molecule has 0 aliphatic rings. The summed E-state index contributed by atoms with van der Waals surface area (Å²) in [6, 6.07) is 12.8. The molecule has 3 N–H and O–H groups in total. The summed E-state index contributed by atoms with van der Waals surface area (Å²) in [7, 11) is 0. The van der Waals surface area contributed by atoms with Crippen molar-refractivity contribution in [3.63, 3.8) is 0 Å². The molecule has 3 aromatic rings. The molecule has 146 valence electrons. The fourth-order valence-electron chi connectivity index (χ4n) is 2.95. The first-order valence-corrected chi connectivity index (χ1v) is 9.26. The summed E-state index contributed by atoms with van der Waals surface area (Å²) in [5.41, 5.74) is 1.84. The predicted molar refractivity (Wildman–Crippen MR) is 106 cm³/mol. The van der Waals surface area contributed by atoms with Crippen molar-refractivity contribution in [2.45, 2.75) is 32.7 Å². The van der Waals surface area contributed by atoms with Gasteiger partial charge >= 0.3 is 0 Å². The van der Waals surface area contributed by atoms with Crippen molar-refractivity contribution >= 4 is 28.8 Å². The van der Waals surface area contributed by atoms with E-state index in [1.54, 1.807) is 18.2 Å². The van der Waals surface area contributed by atoms with E-state index in [1.807, 2.05) is 38.1 Å². The minimum atomic E-state index is -0.752. The minimum absolute atomic E-state index is 0.103. The molecule has 3 rings (SSSR count). The maximum atomic E-state index is 13.8. The highest BCUT2D eigenvalue weighted by atomic mass is 19.1. The van der Waals surface area contributed by atoms with Gasteiger partial charge in [0, 0.05) is 0 Å². The van der Waals surface area contributed by atoms with E-state index >= 15 is 0 Å². The van der Waals surface area contributed by atoms with Gasteiger partial charge in [-0.05, 0) is 29.7 Å². The molecule has 0 aliphatic carbocycles. The molecule has 6 nitrogen and oxygen atoms in total. The average molecular weight is 382 g/mol. The van der Waals surface area contributed by atoms with Crippen molar-refractivity contribution in [2.75, 3.05) is 5.32 Å². The van der Waals surface area contributed by atoms with Gasteiger partial charge in [-0.25, -0.2) is 9.37 Å². The lowest BCUT2D eigenvalue weighted by atomic mass is 9.98. The number of hydrogen-bond donors (Lipinski definition) is 3. The summed E-state index contributed by atoms with van der Waals surface area (Å²) in [6.45, 7) is 3.82. The Hall–Kier alpha value is -3.22. The second kappa shape index (κ2) is 8.65. The van der Waals surface area contributed by atoms with Gasteiger partial charge < -0.3 is 10.3 Å². The molecular weight excluding hydrogens is 359 g/mol. The van der Waals surface area contributed by atoms with E-state index in [1.165, 1.54) is 6.07 Å². The number of anilines is 1. The normalized spacial score (nSPS) is 13.1. The number of nitrogens with zero attached hydrogens (tertiary/aromatic N) is 1. The van der Waals surface area contributed by atoms with Gasteiger partial charge in [-0.1, -0.05) is 50.6 Å². The molecule has 0 saturated heterocycles. The molecule has 2 aromatic carbocycles. The first kappa shape index (κ1) is 19.5. The number of para-hydroxylation sites is 2. The summed E-state index contributed by atoms with van der Waals surface area (Å²) in [6.07, 6.45) is 0.565. The summed E-state index contributed by atoms with van der Waals surface area (Å²) in [5, 5.41) is 5.47. The molecule has 2 unspecified atom stereocenters. The van der Waals surface area contributed by atoms with Crippen LogP contribution in [0.3, 0.4) is 0 Å². The number of amides is 2. The van der Waals surface area contributed by atoms with Crippen LogP contribution in [0.15, 0.2) is 48.5 Å². The van der Waals surface area contributed by atoms with E-state index in [4.69, 9.17) is 0 Å². The van der Waals surface area contributed by atoms with Crippen molar-refractivity contribution in [1.29, 1.82) is 0 Å². The Morgan fingerprint density at radius 3 is 2.57 bits per heavy atom. The quantitative estimate of drug-likeness (QED) is 0.585. The molecule has 2 amide bonds. The molecule has 0 radical (unpaired) electrons. The fraction of sp³-hybridized carbons (Fsp3) is 0.286. The Kier molecular flexibility index (Phi) is 6.03. The zero-order valence-corrected chi connectivity index (χ0v) is 15.8. The number of aromatic nitrogens is 2. The first-order valence-electron chi connectivity index (χ1n) is 9.26. The highest BCUT2D eigenvalue weighted by molar-refractivity contribution is 5.97. The maximum Gasteiger partial charge on any atom is 0.249 e. The number of aromatic amines is 1. The highest BCUT2D eigenvalue weighted by Gasteiger charge is 2.27. The van der Waals surface area contributed by atoms with E-state index in [-0.39, 0.29) is 18.2 Å². The van der Waals surface area contributed by atoms with Crippen molar-refractivity contribution in [1.82, 2.24) is 15.3 Å². The molecule has 2 atom stereocenters. The Morgan fingerprint density at radius 1 is 1.14 bits per heavy atom. The number of nitrogens with one attached hydrogen (secondary N) is 3. The molecule has 0 fully saturated rings. The molecule has 0 bridgehead atoms.